The van der Waals surface area contributed by atoms with E-state index in [1.165, 1.54) is 23.9 Å². The number of benzene rings is 2. The van der Waals surface area contributed by atoms with Crippen LogP contribution in [-0.4, -0.2) is 31.4 Å². The van der Waals surface area contributed by atoms with E-state index >= 15 is 0 Å². The highest BCUT2D eigenvalue weighted by Crippen LogP contribution is 2.26. The summed E-state index contributed by atoms with van der Waals surface area (Å²) < 4.78 is 14.7. The van der Waals surface area contributed by atoms with Gasteiger partial charge in [-0.25, -0.2) is 4.39 Å². The monoisotopic (exact) mass is 399 g/mol. The molecule has 0 aliphatic carbocycles. The minimum Gasteiger partial charge on any atom is -0.349 e. The van der Waals surface area contributed by atoms with E-state index in [-0.39, 0.29) is 17.8 Å². The smallest absolute Gasteiger partial charge is 0.233 e. The number of aromatic nitrogens is 4. The molecule has 1 N–H and O–H groups in total. The Morgan fingerprint density at radius 3 is 2.39 bits per heavy atom. The van der Waals surface area contributed by atoms with Crippen molar-refractivity contribution in [1.29, 1.82) is 0 Å². The number of nitrogens with zero attached hydrogens (tertiary/aromatic N) is 4. The highest BCUT2D eigenvalue weighted by atomic mass is 32.2. The fraction of sp³-hybridized carbons (Fsp3) is 0.300. The van der Waals surface area contributed by atoms with Crippen LogP contribution in [0.3, 0.4) is 0 Å². The number of carbonyl (C=O) groups excluding carboxylic acids is 1. The Balaban J connectivity index is 1.72. The van der Waals surface area contributed by atoms with Gasteiger partial charge in [0.2, 0.25) is 11.1 Å². The standard InChI is InChI=1S/C20H22FN5OS/c1-12-6-5-7-13(2)18(12)26-20(23-24-25-26)28-15(4)19(27)22-14(3)16-8-10-17(21)11-9-16/h5-11,14-15H,1-4H3,(H,22,27)/t14-,15+/m1/s1. The summed E-state index contributed by atoms with van der Waals surface area (Å²) in [6.07, 6.45) is 0. The molecule has 0 fully saturated rings. The number of amides is 1. The molecular formula is C20H22FN5OS. The van der Waals surface area contributed by atoms with Gasteiger partial charge in [0.1, 0.15) is 5.82 Å². The van der Waals surface area contributed by atoms with Gasteiger partial charge in [-0.1, -0.05) is 42.1 Å². The number of carbonyl (C=O) groups is 1. The molecule has 3 aromatic rings. The van der Waals surface area contributed by atoms with Crippen LogP contribution in [0.15, 0.2) is 47.6 Å². The van der Waals surface area contributed by atoms with Crippen molar-refractivity contribution >= 4 is 17.7 Å². The summed E-state index contributed by atoms with van der Waals surface area (Å²) in [5.74, 6) is -0.442. The average Bonchev–Trinajstić information content (AvgIpc) is 3.09. The third-order valence-corrected chi connectivity index (χ3v) is 5.51. The van der Waals surface area contributed by atoms with Gasteiger partial charge < -0.3 is 5.32 Å². The first-order valence-corrected chi connectivity index (χ1v) is 9.82. The quantitative estimate of drug-likeness (QED) is 0.639. The van der Waals surface area contributed by atoms with E-state index in [0.29, 0.717) is 5.16 Å². The zero-order valence-corrected chi connectivity index (χ0v) is 17.0. The Kier molecular flexibility index (Phi) is 6.08. The number of thioether (sulfide) groups is 1. The second-order valence-electron chi connectivity index (χ2n) is 6.66. The van der Waals surface area contributed by atoms with Gasteiger partial charge in [0, 0.05) is 0 Å². The number of nitrogens with one attached hydrogen (secondary N) is 1. The summed E-state index contributed by atoms with van der Waals surface area (Å²) in [5.41, 5.74) is 3.86. The van der Waals surface area contributed by atoms with E-state index in [4.69, 9.17) is 0 Å². The number of para-hydroxylation sites is 1. The third kappa shape index (κ3) is 4.39. The molecule has 1 heterocycles. The fourth-order valence-electron chi connectivity index (χ4n) is 2.91. The summed E-state index contributed by atoms with van der Waals surface area (Å²) in [6.45, 7) is 7.67. The topological polar surface area (TPSA) is 72.7 Å². The first kappa shape index (κ1) is 20.0. The summed E-state index contributed by atoms with van der Waals surface area (Å²) in [6, 6.07) is 11.9. The largest absolute Gasteiger partial charge is 0.349 e. The third-order valence-electron chi connectivity index (χ3n) is 4.47. The highest BCUT2D eigenvalue weighted by Gasteiger charge is 2.22. The van der Waals surface area contributed by atoms with Crippen LogP contribution in [0.5, 0.6) is 0 Å². The number of aryl methyl sites for hydroxylation is 2. The lowest BCUT2D eigenvalue weighted by molar-refractivity contribution is -0.120. The highest BCUT2D eigenvalue weighted by molar-refractivity contribution is 8.00. The SMILES string of the molecule is Cc1cccc(C)c1-n1nnnc1S[C@@H](C)C(=O)N[C@H](C)c1ccc(F)cc1. The van der Waals surface area contributed by atoms with Gasteiger partial charge in [0.05, 0.1) is 17.0 Å². The number of hydrogen-bond acceptors (Lipinski definition) is 5. The maximum atomic E-state index is 13.1. The van der Waals surface area contributed by atoms with E-state index in [1.54, 1.807) is 23.7 Å². The van der Waals surface area contributed by atoms with Crippen LogP contribution in [0.2, 0.25) is 0 Å². The van der Waals surface area contributed by atoms with Crippen molar-refractivity contribution in [3.05, 3.63) is 65.0 Å². The molecule has 0 aliphatic heterocycles. The van der Waals surface area contributed by atoms with Crippen LogP contribution in [0.4, 0.5) is 4.39 Å². The van der Waals surface area contributed by atoms with Crippen molar-refractivity contribution in [3.8, 4) is 5.69 Å². The molecule has 2 aromatic carbocycles. The van der Waals surface area contributed by atoms with Gasteiger partial charge in [-0.05, 0) is 66.9 Å². The van der Waals surface area contributed by atoms with Gasteiger partial charge in [-0.2, -0.15) is 4.68 Å². The Morgan fingerprint density at radius 2 is 1.75 bits per heavy atom. The number of hydrogen-bond donors (Lipinski definition) is 1. The van der Waals surface area contributed by atoms with Gasteiger partial charge in [0.25, 0.3) is 0 Å². The Labute approximate surface area is 167 Å². The molecule has 28 heavy (non-hydrogen) atoms. The van der Waals surface area contributed by atoms with Crippen molar-refractivity contribution in [1.82, 2.24) is 25.5 Å². The van der Waals surface area contributed by atoms with E-state index in [2.05, 4.69) is 20.8 Å². The fourth-order valence-corrected chi connectivity index (χ4v) is 3.71. The number of rotatable bonds is 6. The average molecular weight is 399 g/mol. The lowest BCUT2D eigenvalue weighted by atomic mass is 10.1. The van der Waals surface area contributed by atoms with Gasteiger partial charge in [-0.3, -0.25) is 4.79 Å². The molecule has 0 radical (unpaired) electrons. The predicted molar refractivity (Wildman–Crippen MR) is 107 cm³/mol. The first-order chi connectivity index (χ1) is 13.4. The number of halogens is 1. The van der Waals surface area contributed by atoms with Crippen molar-refractivity contribution in [2.24, 2.45) is 0 Å². The molecule has 8 heteroatoms. The second kappa shape index (κ2) is 8.52. The van der Waals surface area contributed by atoms with Crippen LogP contribution in [0.1, 0.15) is 36.6 Å². The zero-order chi connectivity index (χ0) is 20.3. The Hall–Kier alpha value is -2.74. The van der Waals surface area contributed by atoms with Crippen molar-refractivity contribution < 1.29 is 9.18 Å². The van der Waals surface area contributed by atoms with Crippen LogP contribution in [0, 0.1) is 19.7 Å². The maximum Gasteiger partial charge on any atom is 0.233 e. The molecule has 0 aliphatic rings. The molecule has 6 nitrogen and oxygen atoms in total. The van der Waals surface area contributed by atoms with Crippen LogP contribution < -0.4 is 5.32 Å². The van der Waals surface area contributed by atoms with E-state index in [1.807, 2.05) is 39.0 Å². The molecule has 1 amide bonds. The summed E-state index contributed by atoms with van der Waals surface area (Å²) in [7, 11) is 0. The molecule has 3 rings (SSSR count). The predicted octanol–water partition coefficient (Wildman–Crippen LogP) is 3.78. The Bertz CT molecular complexity index is 953. The molecule has 1 aromatic heterocycles. The molecule has 2 atom stereocenters. The molecule has 146 valence electrons. The number of tetrazole rings is 1. The van der Waals surface area contributed by atoms with Gasteiger partial charge in [-0.15, -0.1) is 5.10 Å². The maximum absolute atomic E-state index is 13.1. The van der Waals surface area contributed by atoms with Gasteiger partial charge >= 0.3 is 0 Å². The normalized spacial score (nSPS) is 13.2. The van der Waals surface area contributed by atoms with Crippen molar-refractivity contribution in [2.45, 2.75) is 44.1 Å². The van der Waals surface area contributed by atoms with Gasteiger partial charge in [0.15, 0.2) is 0 Å². The molecule has 0 unspecified atom stereocenters. The van der Waals surface area contributed by atoms with Crippen molar-refractivity contribution in [3.63, 3.8) is 0 Å². The lowest BCUT2D eigenvalue weighted by Gasteiger charge is -2.18. The first-order valence-electron chi connectivity index (χ1n) is 8.94. The molecular weight excluding hydrogens is 377 g/mol. The van der Waals surface area contributed by atoms with E-state index in [9.17, 15) is 9.18 Å². The van der Waals surface area contributed by atoms with Crippen LogP contribution in [0.25, 0.3) is 5.69 Å². The minimum atomic E-state index is -0.406. The zero-order valence-electron chi connectivity index (χ0n) is 16.2. The van der Waals surface area contributed by atoms with E-state index < -0.39 is 5.25 Å². The molecule has 0 saturated carbocycles. The summed E-state index contributed by atoms with van der Waals surface area (Å²) in [4.78, 5) is 12.6. The summed E-state index contributed by atoms with van der Waals surface area (Å²) >= 11 is 1.29. The van der Waals surface area contributed by atoms with E-state index in [0.717, 1.165) is 22.4 Å². The molecule has 0 bridgehead atoms. The van der Waals surface area contributed by atoms with Crippen LogP contribution in [-0.2, 0) is 4.79 Å². The summed E-state index contributed by atoms with van der Waals surface area (Å²) in [5, 5.41) is 15.1. The lowest BCUT2D eigenvalue weighted by Crippen LogP contribution is -2.33. The Morgan fingerprint density at radius 1 is 1.11 bits per heavy atom. The molecule has 0 saturated heterocycles. The second-order valence-corrected chi connectivity index (χ2v) is 7.96. The van der Waals surface area contributed by atoms with Crippen molar-refractivity contribution in [2.75, 3.05) is 0 Å². The minimum absolute atomic E-state index is 0.141. The van der Waals surface area contributed by atoms with Crippen LogP contribution >= 0.6 is 11.8 Å². The molecule has 0 spiro atoms.